The maximum atomic E-state index is 12.0. The number of anilines is 1. The van der Waals surface area contributed by atoms with Crippen molar-refractivity contribution in [1.29, 1.82) is 0 Å². The molecule has 0 bridgehead atoms. The topological polar surface area (TPSA) is 84.7 Å². The van der Waals surface area contributed by atoms with Crippen molar-refractivity contribution in [2.75, 3.05) is 31.6 Å². The van der Waals surface area contributed by atoms with E-state index in [1.54, 1.807) is 17.9 Å². The lowest BCUT2D eigenvalue weighted by molar-refractivity contribution is -0.144. The number of carbonyl (C=O) groups is 2. The molecule has 116 valence electrons. The van der Waals surface area contributed by atoms with Crippen LogP contribution in [0.15, 0.2) is 24.3 Å². The second-order valence-corrected chi connectivity index (χ2v) is 4.56. The summed E-state index contributed by atoms with van der Waals surface area (Å²) in [5.41, 5.74) is 7.22. The Kier molecular flexibility index (Phi) is 7.42. The van der Waals surface area contributed by atoms with Gasteiger partial charge in [-0.15, -0.1) is 0 Å². The molecule has 6 heteroatoms. The van der Waals surface area contributed by atoms with Crippen molar-refractivity contribution >= 4 is 17.6 Å². The summed E-state index contributed by atoms with van der Waals surface area (Å²) in [6.45, 7) is 5.26. The summed E-state index contributed by atoms with van der Waals surface area (Å²) in [5, 5.41) is 2.80. The molecule has 1 amide bonds. The highest BCUT2D eigenvalue weighted by Crippen LogP contribution is 2.10. The molecule has 0 atom stereocenters. The number of carbonyl (C=O) groups excluding carboxylic acids is 2. The second kappa shape index (κ2) is 9.10. The number of nitrogens with zero attached hydrogens (tertiary/aromatic N) is 1. The fraction of sp³-hybridized carbons (Fsp3) is 0.467. The first kappa shape index (κ1) is 17.1. The van der Waals surface area contributed by atoms with Crippen LogP contribution in [-0.4, -0.2) is 43.0 Å². The van der Waals surface area contributed by atoms with Gasteiger partial charge in [-0.05, 0) is 31.2 Å². The van der Waals surface area contributed by atoms with Crippen LogP contribution in [0.2, 0.25) is 0 Å². The summed E-state index contributed by atoms with van der Waals surface area (Å²) in [5.74, 6) is -0.493. The Bertz CT molecular complexity index is 477. The molecule has 0 aliphatic heterocycles. The summed E-state index contributed by atoms with van der Waals surface area (Å²) in [4.78, 5) is 25.1. The lowest BCUT2D eigenvalue weighted by atomic mass is 10.2. The molecule has 0 aliphatic rings. The molecule has 0 aromatic heterocycles. The molecule has 3 N–H and O–H groups in total. The predicted octanol–water partition coefficient (Wildman–Crippen LogP) is 0.969. The van der Waals surface area contributed by atoms with E-state index in [9.17, 15) is 9.59 Å². The average Bonchev–Trinajstić information content (AvgIpc) is 2.46. The Hall–Kier alpha value is -1.92. The first-order chi connectivity index (χ1) is 10.1. The van der Waals surface area contributed by atoms with Crippen molar-refractivity contribution in [1.82, 2.24) is 4.90 Å². The van der Waals surface area contributed by atoms with Gasteiger partial charge in [0, 0.05) is 12.2 Å². The fourth-order valence-electron chi connectivity index (χ4n) is 1.85. The molecule has 0 radical (unpaired) electrons. The highest BCUT2D eigenvalue weighted by atomic mass is 16.5. The van der Waals surface area contributed by atoms with Gasteiger partial charge in [-0.1, -0.05) is 19.1 Å². The van der Waals surface area contributed by atoms with Gasteiger partial charge in [0.05, 0.1) is 19.7 Å². The van der Waals surface area contributed by atoms with Crippen molar-refractivity contribution < 1.29 is 14.3 Å². The lowest BCUT2D eigenvalue weighted by Gasteiger charge is -2.18. The molecule has 21 heavy (non-hydrogen) atoms. The zero-order valence-corrected chi connectivity index (χ0v) is 12.6. The number of nitrogens with one attached hydrogen (secondary N) is 1. The van der Waals surface area contributed by atoms with Gasteiger partial charge >= 0.3 is 5.97 Å². The Morgan fingerprint density at radius 2 is 2.05 bits per heavy atom. The molecular formula is C15H23N3O3. The Labute approximate surface area is 125 Å². The molecule has 1 aromatic carbocycles. The molecule has 1 rings (SSSR count). The van der Waals surface area contributed by atoms with Gasteiger partial charge in [-0.25, -0.2) is 0 Å². The number of benzene rings is 1. The van der Waals surface area contributed by atoms with E-state index in [0.717, 1.165) is 5.56 Å². The van der Waals surface area contributed by atoms with Crippen molar-refractivity contribution in [2.45, 2.75) is 20.4 Å². The van der Waals surface area contributed by atoms with E-state index in [-0.39, 0.29) is 25.0 Å². The Balaban J connectivity index is 2.52. The molecule has 1 aromatic rings. The third-order valence-corrected chi connectivity index (χ3v) is 2.92. The third kappa shape index (κ3) is 6.37. The third-order valence-electron chi connectivity index (χ3n) is 2.92. The van der Waals surface area contributed by atoms with E-state index in [0.29, 0.717) is 25.4 Å². The lowest BCUT2D eigenvalue weighted by Crippen LogP contribution is -2.37. The van der Waals surface area contributed by atoms with Crippen LogP contribution >= 0.6 is 0 Å². The van der Waals surface area contributed by atoms with E-state index >= 15 is 0 Å². The normalized spacial score (nSPS) is 10.5. The van der Waals surface area contributed by atoms with Gasteiger partial charge in [-0.3, -0.25) is 14.5 Å². The van der Waals surface area contributed by atoms with Crippen LogP contribution in [0.5, 0.6) is 0 Å². The van der Waals surface area contributed by atoms with Crippen LogP contribution in [0.25, 0.3) is 0 Å². The summed E-state index contributed by atoms with van der Waals surface area (Å²) in [6.07, 6.45) is 0. The average molecular weight is 293 g/mol. The number of hydrogen-bond donors (Lipinski definition) is 2. The van der Waals surface area contributed by atoms with Crippen LogP contribution in [0.1, 0.15) is 19.4 Å². The maximum Gasteiger partial charge on any atom is 0.320 e. The van der Waals surface area contributed by atoms with Crippen LogP contribution in [0.4, 0.5) is 5.69 Å². The monoisotopic (exact) mass is 293 g/mol. The number of esters is 1. The Morgan fingerprint density at radius 3 is 2.67 bits per heavy atom. The van der Waals surface area contributed by atoms with Gasteiger partial charge in [0.1, 0.15) is 0 Å². The van der Waals surface area contributed by atoms with E-state index in [1.165, 1.54) is 0 Å². The predicted molar refractivity (Wildman–Crippen MR) is 81.7 cm³/mol. The van der Waals surface area contributed by atoms with Crippen LogP contribution in [-0.2, 0) is 20.9 Å². The molecular weight excluding hydrogens is 270 g/mol. The molecule has 6 nitrogen and oxygen atoms in total. The highest BCUT2D eigenvalue weighted by Gasteiger charge is 2.13. The number of nitrogens with two attached hydrogens (primary N) is 1. The highest BCUT2D eigenvalue weighted by molar-refractivity contribution is 5.92. The number of ether oxygens (including phenoxy) is 1. The van der Waals surface area contributed by atoms with Crippen LogP contribution < -0.4 is 11.1 Å². The number of amides is 1. The van der Waals surface area contributed by atoms with E-state index in [4.69, 9.17) is 10.5 Å². The van der Waals surface area contributed by atoms with Crippen molar-refractivity contribution in [3.8, 4) is 0 Å². The number of hydrogen-bond acceptors (Lipinski definition) is 5. The molecule has 0 fully saturated rings. The molecule has 0 saturated carbocycles. The molecule has 0 unspecified atom stereocenters. The standard InChI is InChI=1S/C15H23N3O3/c1-3-18(11-15(20)21-4-2)10-14(19)17-13-7-5-6-12(8-13)9-16/h5-8H,3-4,9-11,16H2,1-2H3,(H,17,19). The first-order valence-corrected chi connectivity index (χ1v) is 7.05. The van der Waals surface area contributed by atoms with Crippen LogP contribution in [0, 0.1) is 0 Å². The van der Waals surface area contributed by atoms with Gasteiger partial charge in [0.25, 0.3) is 0 Å². The summed E-state index contributed by atoms with van der Waals surface area (Å²) < 4.78 is 4.88. The minimum absolute atomic E-state index is 0.112. The maximum absolute atomic E-state index is 12.0. The minimum atomic E-state index is -0.322. The van der Waals surface area contributed by atoms with Crippen molar-refractivity contribution in [3.63, 3.8) is 0 Å². The van der Waals surface area contributed by atoms with Crippen LogP contribution in [0.3, 0.4) is 0 Å². The molecule has 0 saturated heterocycles. The zero-order chi connectivity index (χ0) is 15.7. The Morgan fingerprint density at radius 1 is 1.29 bits per heavy atom. The van der Waals surface area contributed by atoms with Crippen molar-refractivity contribution in [3.05, 3.63) is 29.8 Å². The second-order valence-electron chi connectivity index (χ2n) is 4.56. The summed E-state index contributed by atoms with van der Waals surface area (Å²) in [6, 6.07) is 7.38. The molecule has 0 aliphatic carbocycles. The first-order valence-electron chi connectivity index (χ1n) is 7.05. The number of rotatable bonds is 8. The molecule has 0 heterocycles. The van der Waals surface area contributed by atoms with E-state index in [2.05, 4.69) is 5.32 Å². The summed E-state index contributed by atoms with van der Waals surface area (Å²) >= 11 is 0. The van der Waals surface area contributed by atoms with E-state index < -0.39 is 0 Å². The quantitative estimate of drug-likeness (QED) is 0.698. The largest absolute Gasteiger partial charge is 0.465 e. The van der Waals surface area contributed by atoms with Gasteiger partial charge < -0.3 is 15.8 Å². The summed E-state index contributed by atoms with van der Waals surface area (Å²) in [7, 11) is 0. The van der Waals surface area contributed by atoms with Gasteiger partial charge in [0.2, 0.25) is 5.91 Å². The van der Waals surface area contributed by atoms with Gasteiger partial charge in [-0.2, -0.15) is 0 Å². The van der Waals surface area contributed by atoms with Crippen molar-refractivity contribution in [2.24, 2.45) is 5.73 Å². The smallest absolute Gasteiger partial charge is 0.320 e. The number of likely N-dealkylation sites (N-methyl/N-ethyl adjacent to an activating group) is 1. The fourth-order valence-corrected chi connectivity index (χ4v) is 1.85. The SMILES string of the molecule is CCOC(=O)CN(CC)CC(=O)Nc1cccc(CN)c1. The van der Waals surface area contributed by atoms with E-state index in [1.807, 2.05) is 25.1 Å². The zero-order valence-electron chi connectivity index (χ0n) is 12.6. The van der Waals surface area contributed by atoms with Gasteiger partial charge in [0.15, 0.2) is 0 Å². The minimum Gasteiger partial charge on any atom is -0.465 e. The molecule has 0 spiro atoms.